The molecule has 0 saturated carbocycles. The fourth-order valence-corrected chi connectivity index (χ4v) is 3.90. The molecule has 0 aliphatic carbocycles. The molecule has 0 saturated heterocycles. The number of hydrogen-bond donors (Lipinski definition) is 1. The van der Waals surface area contributed by atoms with E-state index < -0.39 is 0 Å². The first-order valence-electron chi connectivity index (χ1n) is 10.8. The Bertz CT molecular complexity index is 1310. The highest BCUT2D eigenvalue weighted by Crippen LogP contribution is 2.33. The van der Waals surface area contributed by atoms with Gasteiger partial charge in [0.15, 0.2) is 0 Å². The third-order valence-corrected chi connectivity index (χ3v) is 5.52. The quantitative estimate of drug-likeness (QED) is 0.309. The van der Waals surface area contributed by atoms with Gasteiger partial charge < -0.3 is 9.68 Å². The molecular weight excluding hydrogens is 405 g/mol. The summed E-state index contributed by atoms with van der Waals surface area (Å²) in [7, 11) is 0.697. The SMILES string of the molecule is O[B]Oc1cccc(-c2cccc(-c3cc(-c4ccccc4)nc(-c4ccccc4)c3)c2)c1. The van der Waals surface area contributed by atoms with Crippen LogP contribution in [-0.2, 0) is 0 Å². The molecule has 0 atom stereocenters. The largest absolute Gasteiger partial charge is 0.569 e. The maximum atomic E-state index is 8.96. The van der Waals surface area contributed by atoms with E-state index in [2.05, 4.69) is 60.7 Å². The molecule has 0 unspecified atom stereocenters. The summed E-state index contributed by atoms with van der Waals surface area (Å²) in [6.07, 6.45) is 0. The van der Waals surface area contributed by atoms with E-state index in [0.717, 1.165) is 44.8 Å². The van der Waals surface area contributed by atoms with Gasteiger partial charge >= 0.3 is 7.69 Å². The Kier molecular flexibility index (Phi) is 6.00. The number of nitrogens with zero attached hydrogens (tertiary/aromatic N) is 1. The van der Waals surface area contributed by atoms with Crippen LogP contribution in [0.2, 0.25) is 0 Å². The monoisotopic (exact) mass is 426 g/mol. The van der Waals surface area contributed by atoms with Gasteiger partial charge in [0.25, 0.3) is 0 Å². The van der Waals surface area contributed by atoms with E-state index in [9.17, 15) is 0 Å². The molecule has 0 fully saturated rings. The highest BCUT2D eigenvalue weighted by atomic mass is 16.5. The first-order chi connectivity index (χ1) is 16.3. The average Bonchev–Trinajstić information content (AvgIpc) is 2.90. The Morgan fingerprint density at radius 2 is 0.970 bits per heavy atom. The number of aromatic nitrogens is 1. The molecule has 3 nitrogen and oxygen atoms in total. The van der Waals surface area contributed by atoms with Crippen molar-refractivity contribution in [1.82, 2.24) is 4.98 Å². The van der Waals surface area contributed by atoms with Crippen LogP contribution in [0.4, 0.5) is 0 Å². The second kappa shape index (κ2) is 9.55. The van der Waals surface area contributed by atoms with Crippen molar-refractivity contribution in [2.24, 2.45) is 0 Å². The van der Waals surface area contributed by atoms with E-state index in [0.29, 0.717) is 13.4 Å². The zero-order valence-electron chi connectivity index (χ0n) is 17.9. The van der Waals surface area contributed by atoms with Gasteiger partial charge in [-0.15, -0.1) is 0 Å². The summed E-state index contributed by atoms with van der Waals surface area (Å²) >= 11 is 0. The second-order valence-electron chi connectivity index (χ2n) is 7.69. The summed E-state index contributed by atoms with van der Waals surface area (Å²) in [5.74, 6) is 0.585. The Balaban J connectivity index is 1.62. The van der Waals surface area contributed by atoms with E-state index in [1.807, 2.05) is 54.6 Å². The lowest BCUT2D eigenvalue weighted by atomic mass is 9.96. The van der Waals surface area contributed by atoms with Crippen molar-refractivity contribution in [3.63, 3.8) is 0 Å². The molecule has 5 rings (SSSR count). The predicted octanol–water partition coefficient (Wildman–Crippen LogP) is 6.65. The van der Waals surface area contributed by atoms with Crippen LogP contribution >= 0.6 is 0 Å². The summed E-state index contributed by atoms with van der Waals surface area (Å²) in [5.41, 5.74) is 8.31. The summed E-state index contributed by atoms with van der Waals surface area (Å²) in [6, 6.07) is 40.8. The van der Waals surface area contributed by atoms with Gasteiger partial charge in [0, 0.05) is 11.1 Å². The van der Waals surface area contributed by atoms with E-state index >= 15 is 0 Å². The normalized spacial score (nSPS) is 10.6. The molecule has 0 amide bonds. The van der Waals surface area contributed by atoms with E-state index in [4.69, 9.17) is 14.7 Å². The smallest absolute Gasteiger partial charge is 0.537 e. The van der Waals surface area contributed by atoms with E-state index in [1.54, 1.807) is 6.07 Å². The standard InChI is InChI=1S/C29H21BNO2/c32-30-33-27-16-8-15-25(18-27)23-13-7-14-24(17-23)26-19-28(21-9-3-1-4-10-21)31-29(20-26)22-11-5-2-6-12-22/h1-20,32H. The minimum atomic E-state index is 0.585. The minimum absolute atomic E-state index is 0.585. The van der Waals surface area contributed by atoms with Crippen molar-refractivity contribution in [1.29, 1.82) is 0 Å². The second-order valence-corrected chi connectivity index (χ2v) is 7.69. The molecule has 0 aliphatic heterocycles. The first-order valence-corrected chi connectivity index (χ1v) is 10.8. The number of benzene rings is 4. The molecule has 0 bridgehead atoms. The molecule has 1 aromatic heterocycles. The molecule has 4 heteroatoms. The summed E-state index contributed by atoms with van der Waals surface area (Å²) in [5, 5.41) is 8.96. The average molecular weight is 426 g/mol. The molecule has 1 N–H and O–H groups in total. The Hall–Kier alpha value is -4.15. The van der Waals surface area contributed by atoms with Crippen LogP contribution in [0.3, 0.4) is 0 Å². The van der Waals surface area contributed by atoms with Gasteiger partial charge in [-0.05, 0) is 52.6 Å². The number of hydrogen-bond acceptors (Lipinski definition) is 3. The highest BCUT2D eigenvalue weighted by molar-refractivity contribution is 6.17. The van der Waals surface area contributed by atoms with Crippen molar-refractivity contribution in [3.8, 4) is 50.5 Å². The Morgan fingerprint density at radius 1 is 0.485 bits per heavy atom. The van der Waals surface area contributed by atoms with Gasteiger partial charge in [-0.3, -0.25) is 0 Å². The highest BCUT2D eigenvalue weighted by Gasteiger charge is 2.10. The van der Waals surface area contributed by atoms with E-state index in [1.165, 1.54) is 0 Å². The predicted molar refractivity (Wildman–Crippen MR) is 135 cm³/mol. The van der Waals surface area contributed by atoms with Crippen molar-refractivity contribution in [3.05, 3.63) is 121 Å². The van der Waals surface area contributed by atoms with Crippen LogP contribution in [0.5, 0.6) is 5.75 Å². The lowest BCUT2D eigenvalue weighted by molar-refractivity contribution is 0.454. The van der Waals surface area contributed by atoms with Gasteiger partial charge in [-0.2, -0.15) is 0 Å². The third kappa shape index (κ3) is 4.71. The molecule has 0 spiro atoms. The summed E-state index contributed by atoms with van der Waals surface area (Å²) in [6.45, 7) is 0. The zero-order valence-corrected chi connectivity index (χ0v) is 17.9. The van der Waals surface area contributed by atoms with Crippen molar-refractivity contribution in [2.45, 2.75) is 0 Å². The fraction of sp³-hybridized carbons (Fsp3) is 0. The number of pyridine rings is 1. The molecule has 5 aromatic rings. The minimum Gasteiger partial charge on any atom is -0.537 e. The van der Waals surface area contributed by atoms with Crippen LogP contribution in [0, 0.1) is 0 Å². The van der Waals surface area contributed by atoms with Crippen molar-refractivity contribution < 1.29 is 9.68 Å². The molecule has 33 heavy (non-hydrogen) atoms. The molecule has 1 radical (unpaired) electrons. The maximum absolute atomic E-state index is 8.96. The lowest BCUT2D eigenvalue weighted by Gasteiger charge is -2.12. The van der Waals surface area contributed by atoms with Crippen LogP contribution in [-0.4, -0.2) is 17.7 Å². The van der Waals surface area contributed by atoms with Gasteiger partial charge in [-0.25, -0.2) is 4.98 Å². The van der Waals surface area contributed by atoms with Gasteiger partial charge in [0.2, 0.25) is 0 Å². The lowest BCUT2D eigenvalue weighted by Crippen LogP contribution is -1.99. The van der Waals surface area contributed by atoms with Crippen LogP contribution in [0.1, 0.15) is 0 Å². The van der Waals surface area contributed by atoms with Gasteiger partial charge in [0.05, 0.1) is 11.4 Å². The van der Waals surface area contributed by atoms with Gasteiger partial charge in [-0.1, -0.05) is 91.0 Å². The maximum Gasteiger partial charge on any atom is 0.569 e. The molecule has 4 aromatic carbocycles. The van der Waals surface area contributed by atoms with Gasteiger partial charge in [0.1, 0.15) is 5.75 Å². The first kappa shape index (κ1) is 20.7. The molecule has 0 aliphatic rings. The van der Waals surface area contributed by atoms with E-state index in [-0.39, 0.29) is 0 Å². The van der Waals surface area contributed by atoms with Crippen LogP contribution in [0.25, 0.3) is 44.8 Å². The Morgan fingerprint density at radius 3 is 1.55 bits per heavy atom. The summed E-state index contributed by atoms with van der Waals surface area (Å²) < 4.78 is 5.13. The van der Waals surface area contributed by atoms with Crippen molar-refractivity contribution in [2.75, 3.05) is 0 Å². The third-order valence-electron chi connectivity index (χ3n) is 5.52. The molecule has 157 valence electrons. The zero-order chi connectivity index (χ0) is 22.5. The molecule has 1 heterocycles. The van der Waals surface area contributed by atoms with Crippen LogP contribution in [0.15, 0.2) is 121 Å². The summed E-state index contributed by atoms with van der Waals surface area (Å²) in [4.78, 5) is 4.97. The Labute approximate surface area is 194 Å². The topological polar surface area (TPSA) is 42.4 Å². The number of rotatable bonds is 6. The van der Waals surface area contributed by atoms with Crippen LogP contribution < -0.4 is 4.65 Å². The fourth-order valence-electron chi connectivity index (χ4n) is 3.90. The molecular formula is C29H21BNO2. The van der Waals surface area contributed by atoms with Crippen molar-refractivity contribution >= 4 is 7.69 Å².